The number of allylic oxidation sites excluding steroid dienone is 2. The van der Waals surface area contributed by atoms with E-state index in [-0.39, 0.29) is 37.9 Å². The van der Waals surface area contributed by atoms with Gasteiger partial charge in [0.05, 0.1) is 49.7 Å². The molecule has 6 aliphatic rings. The smallest absolute Gasteiger partial charge is 0.229 e. The van der Waals surface area contributed by atoms with Crippen LogP contribution in [0.25, 0.3) is 0 Å². The summed E-state index contributed by atoms with van der Waals surface area (Å²) >= 11 is 0. The number of carbonyl (C=O) groups is 1. The van der Waals surface area contributed by atoms with Crippen molar-refractivity contribution in [2.45, 2.75) is 162 Å². The van der Waals surface area contributed by atoms with Crippen molar-refractivity contribution in [3.8, 4) is 0 Å². The van der Waals surface area contributed by atoms with Crippen LogP contribution in [0.1, 0.15) is 39.0 Å². The molecule has 5 fully saturated rings. The second-order valence-corrected chi connectivity index (χ2v) is 15.0. The van der Waals surface area contributed by atoms with E-state index >= 15 is 0 Å². The Balaban J connectivity index is 1.30. The molecule has 21 nitrogen and oxygen atoms in total. The molecule has 4 heterocycles. The Morgan fingerprint density at radius 3 is 1.98 bits per heavy atom. The van der Waals surface area contributed by atoms with Crippen LogP contribution >= 0.6 is 0 Å². The molecule has 3 saturated heterocycles. The molecule has 54 heavy (non-hydrogen) atoms. The Morgan fingerprint density at radius 2 is 1.30 bits per heavy atom. The Morgan fingerprint density at radius 1 is 0.648 bits per heavy atom. The second kappa shape index (κ2) is 17.0. The first-order chi connectivity index (χ1) is 25.5. The molecule has 21 heteroatoms. The number of hydrogen-bond acceptors (Lipinski definition) is 21. The molecule has 2 aliphatic carbocycles. The molecule has 0 amide bonds. The molecule has 4 aliphatic heterocycles. The van der Waals surface area contributed by atoms with Crippen molar-refractivity contribution in [3.05, 3.63) is 11.5 Å². The molecular formula is C33H52O21. The van der Waals surface area contributed by atoms with Gasteiger partial charge in [-0.3, -0.25) is 4.79 Å². The number of rotatable bonds is 9. The first kappa shape index (κ1) is 41.9. The third-order valence-corrected chi connectivity index (χ3v) is 11.3. The molecular weight excluding hydrogens is 732 g/mol. The molecule has 310 valence electrons. The fourth-order valence-electron chi connectivity index (χ4n) is 8.00. The molecule has 0 aromatic heterocycles. The number of fused-ring (bicyclic) bond motifs is 1. The van der Waals surface area contributed by atoms with Gasteiger partial charge in [-0.1, -0.05) is 0 Å². The van der Waals surface area contributed by atoms with Crippen LogP contribution in [-0.4, -0.2) is 208 Å². The summed E-state index contributed by atoms with van der Waals surface area (Å²) in [6.07, 6.45) is -31.3. The third-order valence-electron chi connectivity index (χ3n) is 11.3. The highest BCUT2D eigenvalue weighted by molar-refractivity contribution is 5.97. The average molecular weight is 785 g/mol. The minimum atomic E-state index is -2.07. The summed E-state index contributed by atoms with van der Waals surface area (Å²) in [6, 6.07) is 0. The number of ether oxygens (including phenoxy) is 7. The van der Waals surface area contributed by atoms with Crippen LogP contribution in [0.15, 0.2) is 11.5 Å². The predicted octanol–water partition coefficient (Wildman–Crippen LogP) is -6.69. The standard InChI is InChI=1S/C33H52O21/c1-9-19(39)22(42)25(45)31(49-9)48-8-17-29(53-32-26(46)23(43)20(40)16(7-34)51-32)24(44)27(47)33(52-17)54-30-21(41)18-14(38)5-11(35)6-15(18)50-28(30)10-2-3-12(36)13(37)4-10/h9-20,22-27,29,31-40,42-47H,2-8H2,1H3/t9?,10?,11?,12?,13?,14?,15?,16?,17?,18?,19-,20+,22-,23+,24-,25?,26?,27?,29+,31+,32+,33-/m0/s1. The highest BCUT2D eigenvalue weighted by Crippen LogP contribution is 2.43. The van der Waals surface area contributed by atoms with E-state index < -0.39 is 159 Å². The number of Topliss-reactive ketones (excluding diaryl/α,β-unsaturated/α-hetero) is 1. The zero-order valence-corrected chi connectivity index (χ0v) is 29.2. The lowest BCUT2D eigenvalue weighted by molar-refractivity contribution is -0.363. The van der Waals surface area contributed by atoms with Crippen LogP contribution in [-0.2, 0) is 38.0 Å². The zero-order valence-electron chi connectivity index (χ0n) is 29.2. The maximum atomic E-state index is 14.1. The van der Waals surface area contributed by atoms with Gasteiger partial charge in [0.15, 0.2) is 12.6 Å². The molecule has 0 aromatic carbocycles. The van der Waals surface area contributed by atoms with Gasteiger partial charge in [0.2, 0.25) is 17.8 Å². The lowest BCUT2D eigenvalue weighted by Gasteiger charge is -2.47. The van der Waals surface area contributed by atoms with Crippen LogP contribution in [0.3, 0.4) is 0 Å². The highest BCUT2D eigenvalue weighted by atomic mass is 16.8. The summed E-state index contributed by atoms with van der Waals surface area (Å²) in [4.78, 5) is 14.1. The Labute approximate surface area is 308 Å². The first-order valence-electron chi connectivity index (χ1n) is 18.1. The minimum absolute atomic E-state index is 0.0147. The van der Waals surface area contributed by atoms with E-state index in [1.165, 1.54) is 6.92 Å². The summed E-state index contributed by atoms with van der Waals surface area (Å²) in [7, 11) is 0. The predicted molar refractivity (Wildman–Crippen MR) is 170 cm³/mol. The van der Waals surface area contributed by atoms with E-state index in [1.54, 1.807) is 0 Å². The van der Waals surface area contributed by atoms with Gasteiger partial charge in [0.25, 0.3) is 0 Å². The van der Waals surface area contributed by atoms with E-state index in [2.05, 4.69) is 0 Å². The van der Waals surface area contributed by atoms with Crippen LogP contribution in [0.5, 0.6) is 0 Å². The summed E-state index contributed by atoms with van der Waals surface area (Å²) in [6.45, 7) is -0.117. The molecule has 6 rings (SSSR count). The van der Waals surface area contributed by atoms with Gasteiger partial charge in [0, 0.05) is 18.8 Å². The van der Waals surface area contributed by atoms with Crippen molar-refractivity contribution in [3.63, 3.8) is 0 Å². The Kier molecular flexibility index (Phi) is 13.2. The normalized spacial score (nSPS) is 51.7. The summed E-state index contributed by atoms with van der Waals surface area (Å²) in [5.74, 6) is -3.31. The van der Waals surface area contributed by atoms with Gasteiger partial charge in [0.1, 0.15) is 79.0 Å². The maximum absolute atomic E-state index is 14.1. The maximum Gasteiger partial charge on any atom is 0.229 e. The zero-order chi connectivity index (χ0) is 39.3. The largest absolute Gasteiger partial charge is 0.489 e. The van der Waals surface area contributed by atoms with Crippen molar-refractivity contribution in [2.24, 2.45) is 11.8 Å². The molecule has 2 saturated carbocycles. The van der Waals surface area contributed by atoms with Crippen LogP contribution in [0, 0.1) is 11.8 Å². The van der Waals surface area contributed by atoms with Crippen LogP contribution in [0.2, 0.25) is 0 Å². The minimum Gasteiger partial charge on any atom is -0.489 e. The Hall–Kier alpha value is -1.71. The van der Waals surface area contributed by atoms with Gasteiger partial charge in [-0.25, -0.2) is 0 Å². The molecule has 13 N–H and O–H groups in total. The van der Waals surface area contributed by atoms with Gasteiger partial charge in [-0.05, 0) is 26.2 Å². The molecule has 0 aromatic rings. The van der Waals surface area contributed by atoms with E-state index in [1.807, 2.05) is 0 Å². The number of ketones is 1. The summed E-state index contributed by atoms with van der Waals surface area (Å²) in [5.41, 5.74) is 0. The fourth-order valence-corrected chi connectivity index (χ4v) is 8.00. The van der Waals surface area contributed by atoms with Crippen molar-refractivity contribution in [1.82, 2.24) is 0 Å². The van der Waals surface area contributed by atoms with Crippen molar-refractivity contribution < 1.29 is 104 Å². The van der Waals surface area contributed by atoms with Gasteiger partial charge >= 0.3 is 0 Å². The Bertz CT molecular complexity index is 1320. The van der Waals surface area contributed by atoms with E-state index in [4.69, 9.17) is 33.2 Å². The van der Waals surface area contributed by atoms with E-state index in [0.29, 0.717) is 0 Å². The lowest BCUT2D eigenvalue weighted by Crippen LogP contribution is -2.65. The topological polar surface area (TPSA) is 345 Å². The molecule has 0 spiro atoms. The van der Waals surface area contributed by atoms with Crippen LogP contribution in [0.4, 0.5) is 0 Å². The lowest BCUT2D eigenvalue weighted by atomic mass is 9.75. The second-order valence-electron chi connectivity index (χ2n) is 15.0. The number of carbonyl (C=O) groups excluding carboxylic acids is 1. The molecule has 13 unspecified atom stereocenters. The monoisotopic (exact) mass is 784 g/mol. The highest BCUT2D eigenvalue weighted by Gasteiger charge is 2.55. The van der Waals surface area contributed by atoms with Gasteiger partial charge in [-0.15, -0.1) is 0 Å². The van der Waals surface area contributed by atoms with Crippen molar-refractivity contribution >= 4 is 5.78 Å². The summed E-state index contributed by atoms with van der Waals surface area (Å²) in [5, 5.41) is 136. The van der Waals surface area contributed by atoms with Gasteiger partial charge in [-0.2, -0.15) is 0 Å². The van der Waals surface area contributed by atoms with Gasteiger partial charge < -0.3 is 99.5 Å². The first-order valence-corrected chi connectivity index (χ1v) is 18.1. The molecule has 0 bridgehead atoms. The SMILES string of the molecule is CC1O[C@@H](OCC2O[C@@H](OC3=C(C4CCC(O)C(O)C4)OC4CC(O)CC(O)C4C3=O)C(O)[C@H](O)[C@@H]2O[C@H]2OC(CO)[C@@H](O)[C@@H](O)C2O)C(O)[C@@H](O)[C@H]1O. The number of aliphatic hydroxyl groups excluding tert-OH is 13. The molecule has 22 atom stereocenters. The van der Waals surface area contributed by atoms with Crippen molar-refractivity contribution in [2.75, 3.05) is 13.2 Å². The molecule has 0 radical (unpaired) electrons. The van der Waals surface area contributed by atoms with E-state index in [9.17, 15) is 71.2 Å². The van der Waals surface area contributed by atoms with Crippen LogP contribution < -0.4 is 0 Å². The average Bonchev–Trinajstić information content (AvgIpc) is 3.13. The van der Waals surface area contributed by atoms with E-state index in [0.717, 1.165) is 0 Å². The fraction of sp³-hybridized carbons (Fsp3) is 0.909. The summed E-state index contributed by atoms with van der Waals surface area (Å²) < 4.78 is 40.5. The third kappa shape index (κ3) is 8.17. The number of hydrogen-bond donors (Lipinski definition) is 13. The quantitative estimate of drug-likeness (QED) is 0.103. The number of aliphatic hydroxyl groups is 13. The van der Waals surface area contributed by atoms with Crippen molar-refractivity contribution in [1.29, 1.82) is 0 Å².